The minimum Gasteiger partial charge on any atom is -0.381 e. The first-order valence-electron chi connectivity index (χ1n) is 7.27. The van der Waals surface area contributed by atoms with Gasteiger partial charge in [-0.1, -0.05) is 0 Å². The summed E-state index contributed by atoms with van der Waals surface area (Å²) in [5.41, 5.74) is 1.94. The lowest BCUT2D eigenvalue weighted by atomic mass is 9.92. The third kappa shape index (κ3) is 2.54. The second-order valence-corrected chi connectivity index (χ2v) is 5.75. The zero-order valence-corrected chi connectivity index (χ0v) is 12.5. The molecule has 0 radical (unpaired) electrons. The molecule has 1 aliphatic rings. The molecule has 2 aromatic heterocycles. The van der Waals surface area contributed by atoms with Crippen molar-refractivity contribution in [2.24, 2.45) is 5.92 Å². The van der Waals surface area contributed by atoms with Crippen LogP contribution in [0, 0.1) is 5.92 Å². The number of ether oxygens (including phenoxy) is 1. The summed E-state index contributed by atoms with van der Waals surface area (Å²) in [6, 6.07) is 4.34. The van der Waals surface area contributed by atoms with E-state index in [1.807, 2.05) is 18.3 Å². The minimum atomic E-state index is 0.386. The number of imidazole rings is 1. The predicted molar refractivity (Wildman–Crippen MR) is 80.2 cm³/mol. The summed E-state index contributed by atoms with van der Waals surface area (Å²) < 4.78 is 7.76. The normalized spacial score (nSPS) is 18.5. The lowest BCUT2D eigenvalue weighted by molar-refractivity contribution is 0.0514. The van der Waals surface area contributed by atoms with Crippen molar-refractivity contribution in [3.05, 3.63) is 24.2 Å². The number of hydrogen-bond donors (Lipinski definition) is 0. The molecule has 3 heterocycles. The molecule has 4 nitrogen and oxygen atoms in total. The van der Waals surface area contributed by atoms with E-state index >= 15 is 0 Å². The highest BCUT2D eigenvalue weighted by Gasteiger charge is 2.25. The van der Waals surface area contributed by atoms with Crippen LogP contribution in [-0.4, -0.2) is 33.6 Å². The molecule has 0 aromatic carbocycles. The van der Waals surface area contributed by atoms with Crippen LogP contribution in [0.3, 0.4) is 0 Å². The first-order chi connectivity index (χ1) is 9.81. The van der Waals surface area contributed by atoms with Crippen molar-refractivity contribution in [1.82, 2.24) is 14.5 Å². The Balaban J connectivity index is 2.00. The number of rotatable bonds is 4. The molecule has 1 aliphatic heterocycles. The Morgan fingerprint density at radius 3 is 3.00 bits per heavy atom. The zero-order chi connectivity index (χ0) is 13.9. The van der Waals surface area contributed by atoms with Crippen molar-refractivity contribution < 1.29 is 4.74 Å². The van der Waals surface area contributed by atoms with Crippen LogP contribution < -0.4 is 0 Å². The topological polar surface area (TPSA) is 39.9 Å². The van der Waals surface area contributed by atoms with E-state index < -0.39 is 0 Å². The van der Waals surface area contributed by atoms with Gasteiger partial charge in [0.1, 0.15) is 11.3 Å². The van der Waals surface area contributed by atoms with Crippen LogP contribution in [0.5, 0.6) is 0 Å². The maximum absolute atomic E-state index is 5.93. The lowest BCUT2D eigenvalue weighted by Gasteiger charge is -2.29. The zero-order valence-electron chi connectivity index (χ0n) is 11.8. The van der Waals surface area contributed by atoms with Crippen molar-refractivity contribution in [2.75, 3.05) is 19.1 Å². The van der Waals surface area contributed by atoms with Crippen LogP contribution in [0.25, 0.3) is 11.2 Å². The minimum absolute atomic E-state index is 0.386. The lowest BCUT2D eigenvalue weighted by Crippen LogP contribution is -2.25. The monoisotopic (exact) mass is 293 g/mol. The van der Waals surface area contributed by atoms with Gasteiger partial charge in [-0.3, -0.25) is 0 Å². The third-order valence-corrected chi connectivity index (χ3v) is 4.38. The second-order valence-electron chi connectivity index (χ2n) is 5.37. The van der Waals surface area contributed by atoms with Gasteiger partial charge in [0.2, 0.25) is 0 Å². The predicted octanol–water partition coefficient (Wildman–Crippen LogP) is 3.20. The van der Waals surface area contributed by atoms with E-state index in [2.05, 4.69) is 16.5 Å². The molecule has 5 heteroatoms. The molecule has 0 saturated carbocycles. The van der Waals surface area contributed by atoms with Gasteiger partial charge in [0, 0.05) is 37.8 Å². The van der Waals surface area contributed by atoms with Crippen molar-refractivity contribution >= 4 is 22.8 Å². The fraction of sp³-hybridized carbons (Fsp3) is 0.600. The molecule has 1 unspecified atom stereocenters. The Labute approximate surface area is 124 Å². The number of alkyl halides is 1. The van der Waals surface area contributed by atoms with Gasteiger partial charge in [-0.05, 0) is 37.8 Å². The Hall–Kier alpha value is -1.13. The summed E-state index contributed by atoms with van der Waals surface area (Å²) in [5.74, 6) is 2.26. The van der Waals surface area contributed by atoms with E-state index in [4.69, 9.17) is 21.3 Å². The van der Waals surface area contributed by atoms with Gasteiger partial charge in [0.25, 0.3) is 0 Å². The number of fused-ring (bicyclic) bond motifs is 1. The third-order valence-electron chi connectivity index (χ3n) is 4.20. The molecule has 1 atom stereocenters. The summed E-state index contributed by atoms with van der Waals surface area (Å²) in [6.45, 7) is 3.99. The highest BCUT2D eigenvalue weighted by Crippen LogP contribution is 2.31. The SMILES string of the molecule is CC(C1CCOCC1)n1c(CCCl)nc2cccnc21. The summed E-state index contributed by atoms with van der Waals surface area (Å²) >= 11 is 5.93. The molecule has 0 amide bonds. The molecular formula is C15H20ClN3O. The van der Waals surface area contributed by atoms with Gasteiger partial charge in [0.05, 0.1) is 0 Å². The Kier molecular flexibility index (Phi) is 4.22. The summed E-state index contributed by atoms with van der Waals surface area (Å²) in [4.78, 5) is 9.23. The van der Waals surface area contributed by atoms with E-state index in [1.54, 1.807) is 0 Å². The van der Waals surface area contributed by atoms with E-state index in [0.717, 1.165) is 49.5 Å². The number of aryl methyl sites for hydroxylation is 1. The van der Waals surface area contributed by atoms with Gasteiger partial charge >= 0.3 is 0 Å². The Morgan fingerprint density at radius 2 is 2.25 bits per heavy atom. The quantitative estimate of drug-likeness (QED) is 0.813. The van der Waals surface area contributed by atoms with Crippen LogP contribution in [-0.2, 0) is 11.2 Å². The van der Waals surface area contributed by atoms with Gasteiger partial charge in [-0.2, -0.15) is 0 Å². The van der Waals surface area contributed by atoms with Crippen LogP contribution in [0.2, 0.25) is 0 Å². The van der Waals surface area contributed by atoms with Gasteiger partial charge in [0.15, 0.2) is 5.65 Å². The first-order valence-corrected chi connectivity index (χ1v) is 7.80. The fourth-order valence-corrected chi connectivity index (χ4v) is 3.24. The maximum atomic E-state index is 5.93. The van der Waals surface area contributed by atoms with Crippen molar-refractivity contribution in [3.8, 4) is 0 Å². The smallest absolute Gasteiger partial charge is 0.160 e. The van der Waals surface area contributed by atoms with Gasteiger partial charge in [-0.25, -0.2) is 9.97 Å². The summed E-state index contributed by atoms with van der Waals surface area (Å²) in [7, 11) is 0. The fourth-order valence-electron chi connectivity index (χ4n) is 3.07. The average molecular weight is 294 g/mol. The van der Waals surface area contributed by atoms with Gasteiger partial charge in [-0.15, -0.1) is 11.6 Å². The molecular weight excluding hydrogens is 274 g/mol. The molecule has 0 spiro atoms. The number of nitrogens with zero attached hydrogens (tertiary/aromatic N) is 3. The molecule has 1 fully saturated rings. The van der Waals surface area contributed by atoms with E-state index in [1.165, 1.54) is 0 Å². The van der Waals surface area contributed by atoms with E-state index in [-0.39, 0.29) is 0 Å². The number of hydrogen-bond acceptors (Lipinski definition) is 3. The molecule has 0 N–H and O–H groups in total. The molecule has 0 aliphatic carbocycles. The molecule has 1 saturated heterocycles. The standard InChI is InChI=1S/C15H20ClN3O/c1-11(12-5-9-20-10-6-12)19-14(4-7-16)18-13-3-2-8-17-15(13)19/h2-3,8,11-12H,4-7,9-10H2,1H3. The molecule has 3 rings (SSSR count). The van der Waals surface area contributed by atoms with Crippen molar-refractivity contribution in [3.63, 3.8) is 0 Å². The Bertz CT molecular complexity index is 578. The number of aromatic nitrogens is 3. The molecule has 20 heavy (non-hydrogen) atoms. The number of halogens is 1. The largest absolute Gasteiger partial charge is 0.381 e. The molecule has 2 aromatic rings. The molecule has 0 bridgehead atoms. The second kappa shape index (κ2) is 6.10. The van der Waals surface area contributed by atoms with Crippen molar-refractivity contribution in [2.45, 2.75) is 32.2 Å². The summed E-state index contributed by atoms with van der Waals surface area (Å²) in [6.07, 6.45) is 4.83. The highest BCUT2D eigenvalue weighted by atomic mass is 35.5. The van der Waals surface area contributed by atoms with Crippen LogP contribution in [0.4, 0.5) is 0 Å². The highest BCUT2D eigenvalue weighted by molar-refractivity contribution is 6.17. The summed E-state index contributed by atoms with van der Waals surface area (Å²) in [5, 5.41) is 0. The van der Waals surface area contributed by atoms with Gasteiger partial charge < -0.3 is 9.30 Å². The molecule has 108 valence electrons. The van der Waals surface area contributed by atoms with E-state index in [0.29, 0.717) is 17.8 Å². The Morgan fingerprint density at radius 1 is 1.45 bits per heavy atom. The van der Waals surface area contributed by atoms with Crippen LogP contribution in [0.15, 0.2) is 18.3 Å². The number of pyridine rings is 1. The first kappa shape index (κ1) is 13.8. The van der Waals surface area contributed by atoms with E-state index in [9.17, 15) is 0 Å². The van der Waals surface area contributed by atoms with Crippen LogP contribution >= 0.6 is 11.6 Å². The van der Waals surface area contributed by atoms with Crippen molar-refractivity contribution in [1.29, 1.82) is 0 Å². The maximum Gasteiger partial charge on any atom is 0.160 e. The van der Waals surface area contributed by atoms with Crippen LogP contribution in [0.1, 0.15) is 31.6 Å². The average Bonchev–Trinajstić information content (AvgIpc) is 2.86.